The lowest BCUT2D eigenvalue weighted by Crippen LogP contribution is -2.55. The second kappa shape index (κ2) is 8.35. The maximum atomic E-state index is 6.72. The average molecular weight is 404 g/mol. The monoisotopic (exact) mass is 403 g/mol. The van der Waals surface area contributed by atoms with Gasteiger partial charge in [0.25, 0.3) is 0 Å². The lowest BCUT2D eigenvalue weighted by atomic mass is 9.58. The van der Waals surface area contributed by atoms with Crippen LogP contribution >= 0.6 is 0 Å². The molecule has 1 aromatic heterocycles. The third-order valence-electron chi connectivity index (χ3n) is 7.14. The number of benzene rings is 2. The lowest BCUT2D eigenvalue weighted by molar-refractivity contribution is 0.144. The summed E-state index contributed by atoms with van der Waals surface area (Å²) in [6.07, 6.45) is 6.56. The zero-order chi connectivity index (χ0) is 21.2. The zero-order valence-electron chi connectivity index (χ0n) is 18.4. The minimum Gasteiger partial charge on any atom is -0.339 e. The van der Waals surface area contributed by atoms with Crippen molar-refractivity contribution in [2.45, 2.75) is 70.3 Å². The fourth-order valence-electron chi connectivity index (χ4n) is 5.14. The fourth-order valence-corrected chi connectivity index (χ4v) is 5.14. The maximum absolute atomic E-state index is 6.72. The van der Waals surface area contributed by atoms with Crippen LogP contribution in [-0.2, 0) is 11.8 Å². The van der Waals surface area contributed by atoms with Crippen molar-refractivity contribution in [3.63, 3.8) is 0 Å². The Hall–Kier alpha value is -2.46. The number of hydrogen-bond donors (Lipinski definition) is 1. The normalized spacial score (nSPS) is 22.2. The topological polar surface area (TPSA) is 64.9 Å². The van der Waals surface area contributed by atoms with Crippen molar-refractivity contribution in [3.05, 3.63) is 71.6 Å². The molecule has 30 heavy (non-hydrogen) atoms. The Bertz CT molecular complexity index is 963. The summed E-state index contributed by atoms with van der Waals surface area (Å²) in [6.45, 7) is 6.45. The molecule has 158 valence electrons. The van der Waals surface area contributed by atoms with E-state index >= 15 is 0 Å². The summed E-state index contributed by atoms with van der Waals surface area (Å²) in [5.74, 6) is 2.12. The molecular formula is C26H33N3O. The average Bonchev–Trinajstić information content (AvgIpc) is 3.21. The van der Waals surface area contributed by atoms with Gasteiger partial charge in [-0.15, -0.1) is 0 Å². The standard InChI is InChI=1S/C26H33N3O/c1-19-9-7-8-12-22(19)24-28-23(30-29-24)14-13-20-15-17-26(18-16-20,25(2,3)27)21-10-5-4-6-11-21/h4-12,20H,13-18,27H2,1-3H3. The number of hydrogen-bond acceptors (Lipinski definition) is 4. The van der Waals surface area contributed by atoms with Crippen LogP contribution in [0, 0.1) is 12.8 Å². The van der Waals surface area contributed by atoms with Crippen LogP contribution in [0.3, 0.4) is 0 Å². The Morgan fingerprint density at radius 1 is 1.03 bits per heavy atom. The van der Waals surface area contributed by atoms with Crippen LogP contribution < -0.4 is 5.73 Å². The molecule has 1 fully saturated rings. The van der Waals surface area contributed by atoms with Gasteiger partial charge in [0.2, 0.25) is 11.7 Å². The van der Waals surface area contributed by atoms with Crippen LogP contribution in [0.5, 0.6) is 0 Å². The third-order valence-corrected chi connectivity index (χ3v) is 7.14. The molecule has 0 amide bonds. The Morgan fingerprint density at radius 3 is 2.37 bits per heavy atom. The van der Waals surface area contributed by atoms with Crippen molar-refractivity contribution >= 4 is 0 Å². The van der Waals surface area contributed by atoms with Gasteiger partial charge in [-0.3, -0.25) is 0 Å². The van der Waals surface area contributed by atoms with Gasteiger partial charge in [-0.1, -0.05) is 59.8 Å². The molecule has 0 atom stereocenters. The van der Waals surface area contributed by atoms with Crippen molar-refractivity contribution < 1.29 is 4.52 Å². The Kier molecular flexibility index (Phi) is 5.79. The van der Waals surface area contributed by atoms with Crippen LogP contribution in [0.25, 0.3) is 11.4 Å². The molecule has 1 saturated carbocycles. The molecule has 0 unspecified atom stereocenters. The minimum atomic E-state index is -0.242. The first-order valence-electron chi connectivity index (χ1n) is 11.1. The molecule has 1 heterocycles. The number of nitrogens with two attached hydrogens (primary N) is 1. The first-order valence-corrected chi connectivity index (χ1v) is 11.1. The third kappa shape index (κ3) is 4.06. The summed E-state index contributed by atoms with van der Waals surface area (Å²) in [5, 5.41) is 4.20. The summed E-state index contributed by atoms with van der Waals surface area (Å²) >= 11 is 0. The Morgan fingerprint density at radius 2 is 1.70 bits per heavy atom. The molecule has 4 heteroatoms. The highest BCUT2D eigenvalue weighted by atomic mass is 16.5. The quantitative estimate of drug-likeness (QED) is 0.561. The van der Waals surface area contributed by atoms with Gasteiger partial charge < -0.3 is 10.3 Å². The van der Waals surface area contributed by atoms with Crippen molar-refractivity contribution in [2.24, 2.45) is 11.7 Å². The smallest absolute Gasteiger partial charge is 0.226 e. The molecule has 0 spiro atoms. The SMILES string of the molecule is Cc1ccccc1-c1noc(CCC2CCC(c3ccccc3)(C(C)(C)N)CC2)n1. The van der Waals surface area contributed by atoms with Crippen LogP contribution in [-0.4, -0.2) is 15.7 Å². The second-order valence-corrected chi connectivity index (χ2v) is 9.48. The van der Waals surface area contributed by atoms with Gasteiger partial charge in [0.15, 0.2) is 0 Å². The van der Waals surface area contributed by atoms with E-state index in [0.29, 0.717) is 11.7 Å². The molecular weight excluding hydrogens is 370 g/mol. The van der Waals surface area contributed by atoms with E-state index in [4.69, 9.17) is 10.3 Å². The van der Waals surface area contributed by atoms with Gasteiger partial charge in [0.05, 0.1) is 0 Å². The number of nitrogens with zero attached hydrogens (tertiary/aromatic N) is 2. The molecule has 2 N–H and O–H groups in total. The van der Waals surface area contributed by atoms with E-state index < -0.39 is 0 Å². The van der Waals surface area contributed by atoms with E-state index in [2.05, 4.69) is 67.3 Å². The van der Waals surface area contributed by atoms with Crippen molar-refractivity contribution in [2.75, 3.05) is 0 Å². The molecule has 0 aliphatic heterocycles. The van der Waals surface area contributed by atoms with Gasteiger partial charge in [-0.2, -0.15) is 4.98 Å². The van der Waals surface area contributed by atoms with Gasteiger partial charge in [0.1, 0.15) is 0 Å². The van der Waals surface area contributed by atoms with Gasteiger partial charge >= 0.3 is 0 Å². The van der Waals surface area contributed by atoms with E-state index in [1.807, 2.05) is 18.2 Å². The summed E-state index contributed by atoms with van der Waals surface area (Å²) in [4.78, 5) is 4.64. The van der Waals surface area contributed by atoms with Crippen molar-refractivity contribution in [3.8, 4) is 11.4 Å². The first-order chi connectivity index (χ1) is 14.4. The second-order valence-electron chi connectivity index (χ2n) is 9.48. The predicted octanol–water partition coefficient (Wildman–Crippen LogP) is 5.84. The maximum Gasteiger partial charge on any atom is 0.226 e. The summed E-state index contributed by atoms with van der Waals surface area (Å²) < 4.78 is 5.55. The molecule has 0 saturated heterocycles. The molecule has 0 radical (unpaired) electrons. The van der Waals surface area contributed by atoms with Gasteiger partial charge in [-0.05, 0) is 69.9 Å². The van der Waals surface area contributed by atoms with Crippen LogP contribution in [0.2, 0.25) is 0 Å². The van der Waals surface area contributed by atoms with Crippen LogP contribution in [0.1, 0.15) is 63.0 Å². The van der Waals surface area contributed by atoms with Gasteiger partial charge in [-0.25, -0.2) is 0 Å². The van der Waals surface area contributed by atoms with Gasteiger partial charge in [0, 0.05) is 22.9 Å². The molecule has 4 nitrogen and oxygen atoms in total. The van der Waals surface area contributed by atoms with E-state index in [1.54, 1.807) is 0 Å². The molecule has 2 aromatic carbocycles. The highest BCUT2D eigenvalue weighted by molar-refractivity contribution is 5.58. The van der Waals surface area contributed by atoms with E-state index in [9.17, 15) is 0 Å². The summed E-state index contributed by atoms with van der Waals surface area (Å²) in [5.41, 5.74) is 10.1. The lowest BCUT2D eigenvalue weighted by Gasteiger charge is -2.49. The first kappa shape index (κ1) is 20.8. The van der Waals surface area contributed by atoms with Crippen LogP contribution in [0.15, 0.2) is 59.1 Å². The zero-order valence-corrected chi connectivity index (χ0v) is 18.4. The van der Waals surface area contributed by atoms with Crippen LogP contribution in [0.4, 0.5) is 0 Å². The largest absolute Gasteiger partial charge is 0.339 e. The Balaban J connectivity index is 1.39. The fraction of sp³-hybridized carbons (Fsp3) is 0.462. The molecule has 1 aliphatic rings. The van der Waals surface area contributed by atoms with E-state index in [-0.39, 0.29) is 11.0 Å². The molecule has 1 aliphatic carbocycles. The summed E-state index contributed by atoms with van der Waals surface area (Å²) in [6, 6.07) is 19.0. The number of rotatable bonds is 6. The molecule has 0 bridgehead atoms. The predicted molar refractivity (Wildman–Crippen MR) is 121 cm³/mol. The van der Waals surface area contributed by atoms with E-state index in [0.717, 1.165) is 37.1 Å². The number of aromatic nitrogens is 2. The Labute approximate surface area is 179 Å². The molecule has 3 aromatic rings. The van der Waals surface area contributed by atoms with Crippen molar-refractivity contribution in [1.29, 1.82) is 0 Å². The number of aryl methyl sites for hydroxylation is 2. The highest BCUT2D eigenvalue weighted by Crippen LogP contribution is 2.48. The van der Waals surface area contributed by atoms with E-state index in [1.165, 1.54) is 24.0 Å². The minimum absolute atomic E-state index is 0.0489. The highest BCUT2D eigenvalue weighted by Gasteiger charge is 2.45. The van der Waals surface area contributed by atoms with Crippen molar-refractivity contribution in [1.82, 2.24) is 10.1 Å². The molecule has 4 rings (SSSR count). The summed E-state index contributed by atoms with van der Waals surface area (Å²) in [7, 11) is 0.